The van der Waals surface area contributed by atoms with Gasteiger partial charge in [-0.2, -0.15) is 0 Å². The second kappa shape index (κ2) is 7.81. The van der Waals surface area contributed by atoms with E-state index in [1.165, 1.54) is 11.8 Å². The van der Waals surface area contributed by atoms with Crippen LogP contribution in [0.25, 0.3) is 0 Å². The maximum Gasteiger partial charge on any atom is 0.234 e. The summed E-state index contributed by atoms with van der Waals surface area (Å²) in [5.74, 6) is 0.335. The number of hydrogen-bond donors (Lipinski definition) is 1. The first kappa shape index (κ1) is 17.1. The van der Waals surface area contributed by atoms with E-state index in [1.54, 1.807) is 0 Å². The fraction of sp³-hybridized carbons (Fsp3) is 0.133. The number of halogens is 3. The molecule has 0 aliphatic heterocycles. The summed E-state index contributed by atoms with van der Waals surface area (Å²) in [6.07, 6.45) is 0. The molecule has 1 amide bonds. The molecule has 0 fully saturated rings. The van der Waals surface area contributed by atoms with Gasteiger partial charge in [0.05, 0.1) is 11.4 Å². The third-order valence-corrected chi connectivity index (χ3v) is 5.43. The van der Waals surface area contributed by atoms with Crippen LogP contribution in [-0.4, -0.2) is 11.7 Å². The lowest BCUT2D eigenvalue weighted by molar-refractivity contribution is -0.113. The molecule has 0 saturated carbocycles. The van der Waals surface area contributed by atoms with Gasteiger partial charge in [-0.3, -0.25) is 4.79 Å². The predicted molar refractivity (Wildman–Crippen MR) is 100 cm³/mol. The van der Waals surface area contributed by atoms with Gasteiger partial charge in [0, 0.05) is 18.3 Å². The summed E-state index contributed by atoms with van der Waals surface area (Å²) in [6, 6.07) is 11.9. The Kier molecular flexibility index (Phi) is 6.34. The van der Waals surface area contributed by atoms with E-state index in [0.717, 1.165) is 29.6 Å². The van der Waals surface area contributed by atoms with Crippen LogP contribution in [-0.2, 0) is 4.79 Å². The first-order valence-corrected chi connectivity index (χ1v) is 9.46. The number of amides is 1. The van der Waals surface area contributed by atoms with Gasteiger partial charge in [0.15, 0.2) is 0 Å². The molecular formula is C15H12Br3NOS. The molecule has 0 atom stereocenters. The molecule has 2 aromatic rings. The molecule has 1 N–H and O–H groups in total. The van der Waals surface area contributed by atoms with Crippen molar-refractivity contribution >= 4 is 71.1 Å². The molecule has 0 bridgehead atoms. The van der Waals surface area contributed by atoms with Gasteiger partial charge in [-0.05, 0) is 80.7 Å². The van der Waals surface area contributed by atoms with Crippen LogP contribution >= 0.6 is 59.6 Å². The van der Waals surface area contributed by atoms with E-state index in [4.69, 9.17) is 0 Å². The average Bonchev–Trinajstić information content (AvgIpc) is 2.42. The highest BCUT2D eigenvalue weighted by Crippen LogP contribution is 2.32. The Bertz CT molecular complexity index is 635. The van der Waals surface area contributed by atoms with Crippen LogP contribution in [0.15, 0.2) is 54.7 Å². The summed E-state index contributed by atoms with van der Waals surface area (Å²) in [4.78, 5) is 13.1. The van der Waals surface area contributed by atoms with Gasteiger partial charge in [-0.25, -0.2) is 0 Å². The monoisotopic (exact) mass is 491 g/mol. The van der Waals surface area contributed by atoms with Crippen LogP contribution in [0.2, 0.25) is 0 Å². The molecule has 0 aliphatic rings. The van der Waals surface area contributed by atoms with Crippen LogP contribution in [0.5, 0.6) is 0 Å². The van der Waals surface area contributed by atoms with Crippen molar-refractivity contribution in [1.82, 2.24) is 0 Å². The van der Waals surface area contributed by atoms with Crippen molar-refractivity contribution < 1.29 is 4.79 Å². The van der Waals surface area contributed by atoms with Crippen molar-refractivity contribution in [1.29, 1.82) is 0 Å². The molecule has 0 spiro atoms. The topological polar surface area (TPSA) is 29.1 Å². The lowest BCUT2D eigenvalue weighted by Crippen LogP contribution is -2.14. The number of carbonyl (C=O) groups excluding carboxylic acids is 1. The summed E-state index contributed by atoms with van der Waals surface area (Å²) in [5.41, 5.74) is 1.89. The number of benzene rings is 2. The molecule has 6 heteroatoms. The molecule has 0 heterocycles. The van der Waals surface area contributed by atoms with Gasteiger partial charge in [-0.1, -0.05) is 15.9 Å². The third kappa shape index (κ3) is 5.13. The number of anilines is 1. The highest BCUT2D eigenvalue weighted by atomic mass is 79.9. The number of aryl methyl sites for hydroxylation is 1. The smallest absolute Gasteiger partial charge is 0.234 e. The standard InChI is InChI=1S/C15H12Br3NOS/c1-9-6-12(17)15(13(18)7-9)19-14(20)8-21-11-4-2-10(16)3-5-11/h2-7H,8H2,1H3,(H,19,20). The van der Waals surface area contributed by atoms with E-state index in [9.17, 15) is 4.79 Å². The fourth-order valence-electron chi connectivity index (χ4n) is 1.67. The summed E-state index contributed by atoms with van der Waals surface area (Å²) < 4.78 is 2.77. The first-order chi connectivity index (χ1) is 9.95. The van der Waals surface area contributed by atoms with Crippen molar-refractivity contribution in [3.05, 3.63) is 55.4 Å². The Morgan fingerprint density at radius 2 is 1.67 bits per heavy atom. The molecule has 0 radical (unpaired) electrons. The lowest BCUT2D eigenvalue weighted by Gasteiger charge is -2.10. The van der Waals surface area contributed by atoms with Crippen LogP contribution in [0.4, 0.5) is 5.69 Å². The quantitative estimate of drug-likeness (QED) is 0.528. The fourth-order valence-corrected chi connectivity index (χ4v) is 4.25. The molecule has 0 aromatic heterocycles. The molecule has 0 unspecified atom stereocenters. The summed E-state index contributed by atoms with van der Waals surface area (Å²) in [6.45, 7) is 2.00. The summed E-state index contributed by atoms with van der Waals surface area (Å²) >= 11 is 11.8. The molecule has 110 valence electrons. The SMILES string of the molecule is Cc1cc(Br)c(NC(=O)CSc2ccc(Br)cc2)c(Br)c1. The number of rotatable bonds is 4. The van der Waals surface area contributed by atoms with Crippen LogP contribution < -0.4 is 5.32 Å². The lowest BCUT2D eigenvalue weighted by atomic mass is 10.2. The molecular weight excluding hydrogens is 482 g/mol. The van der Waals surface area contributed by atoms with Crippen molar-refractivity contribution in [3.8, 4) is 0 Å². The minimum absolute atomic E-state index is 0.0341. The van der Waals surface area contributed by atoms with Gasteiger partial charge in [0.2, 0.25) is 5.91 Å². The second-order valence-electron chi connectivity index (χ2n) is 4.39. The molecule has 21 heavy (non-hydrogen) atoms. The summed E-state index contributed by atoms with van der Waals surface area (Å²) in [5, 5.41) is 2.92. The van der Waals surface area contributed by atoms with E-state index in [-0.39, 0.29) is 5.91 Å². The van der Waals surface area contributed by atoms with E-state index in [0.29, 0.717) is 5.75 Å². The van der Waals surface area contributed by atoms with Crippen molar-refractivity contribution in [2.24, 2.45) is 0 Å². The van der Waals surface area contributed by atoms with Gasteiger partial charge < -0.3 is 5.32 Å². The number of hydrogen-bond acceptors (Lipinski definition) is 2. The van der Waals surface area contributed by atoms with Crippen molar-refractivity contribution in [3.63, 3.8) is 0 Å². The normalized spacial score (nSPS) is 10.5. The van der Waals surface area contributed by atoms with Gasteiger partial charge in [-0.15, -0.1) is 11.8 Å². The van der Waals surface area contributed by atoms with E-state index < -0.39 is 0 Å². The zero-order valence-corrected chi connectivity index (χ0v) is 16.7. The Balaban J connectivity index is 1.97. The number of thioether (sulfide) groups is 1. The Labute approximate surface area is 153 Å². The molecule has 2 aromatic carbocycles. The second-order valence-corrected chi connectivity index (χ2v) is 8.07. The molecule has 2 rings (SSSR count). The summed E-state index contributed by atoms with van der Waals surface area (Å²) in [7, 11) is 0. The Morgan fingerprint density at radius 1 is 1.10 bits per heavy atom. The van der Waals surface area contributed by atoms with Gasteiger partial charge >= 0.3 is 0 Å². The van der Waals surface area contributed by atoms with Crippen LogP contribution in [0.1, 0.15) is 5.56 Å². The Morgan fingerprint density at radius 3 is 2.24 bits per heavy atom. The van der Waals surface area contributed by atoms with E-state index in [2.05, 4.69) is 53.1 Å². The van der Waals surface area contributed by atoms with E-state index in [1.807, 2.05) is 43.3 Å². The predicted octanol–water partition coefficient (Wildman–Crippen LogP) is 6.01. The number of nitrogens with one attached hydrogen (secondary N) is 1. The minimum Gasteiger partial charge on any atom is -0.323 e. The highest BCUT2D eigenvalue weighted by molar-refractivity contribution is 9.11. The van der Waals surface area contributed by atoms with Crippen molar-refractivity contribution in [2.45, 2.75) is 11.8 Å². The zero-order chi connectivity index (χ0) is 15.4. The third-order valence-electron chi connectivity index (χ3n) is 2.63. The van der Waals surface area contributed by atoms with Crippen LogP contribution in [0, 0.1) is 6.92 Å². The minimum atomic E-state index is -0.0341. The highest BCUT2D eigenvalue weighted by Gasteiger charge is 2.10. The van der Waals surface area contributed by atoms with E-state index >= 15 is 0 Å². The molecule has 0 saturated heterocycles. The maximum atomic E-state index is 12.1. The van der Waals surface area contributed by atoms with Crippen molar-refractivity contribution in [2.75, 3.05) is 11.1 Å². The van der Waals surface area contributed by atoms with Crippen LogP contribution in [0.3, 0.4) is 0 Å². The zero-order valence-electron chi connectivity index (χ0n) is 11.1. The average molecular weight is 494 g/mol. The largest absolute Gasteiger partial charge is 0.323 e. The maximum absolute atomic E-state index is 12.1. The van der Waals surface area contributed by atoms with Gasteiger partial charge in [0.25, 0.3) is 0 Å². The molecule has 0 aliphatic carbocycles. The first-order valence-electron chi connectivity index (χ1n) is 6.09. The number of carbonyl (C=O) groups is 1. The Hall–Kier alpha value is -0.300. The molecule has 2 nitrogen and oxygen atoms in total. The van der Waals surface area contributed by atoms with Gasteiger partial charge in [0.1, 0.15) is 0 Å².